The average Bonchev–Trinajstić information content (AvgIpc) is 3.28. The number of hydrogen-bond donors (Lipinski definition) is 1. The summed E-state index contributed by atoms with van der Waals surface area (Å²) in [7, 11) is 3.20. The van der Waals surface area contributed by atoms with Gasteiger partial charge >= 0.3 is 0 Å². The van der Waals surface area contributed by atoms with Crippen molar-refractivity contribution < 1.29 is 19.0 Å². The van der Waals surface area contributed by atoms with Crippen molar-refractivity contribution in [3.8, 4) is 5.75 Å². The molecular formula is C21H23FN4O3. The maximum Gasteiger partial charge on any atom is 0.257 e. The zero-order valence-electron chi connectivity index (χ0n) is 16.3. The number of likely N-dealkylation sites (N-methyl/N-ethyl adjacent to an activating group) is 1. The first-order valence-corrected chi connectivity index (χ1v) is 9.26. The Hall–Kier alpha value is -3.13. The van der Waals surface area contributed by atoms with E-state index in [9.17, 15) is 14.3 Å². The first-order chi connectivity index (χ1) is 14.0. The van der Waals surface area contributed by atoms with Crippen LogP contribution in [0.25, 0.3) is 0 Å². The number of benzene rings is 2. The molecule has 3 rings (SSSR count). The zero-order chi connectivity index (χ0) is 20.8. The van der Waals surface area contributed by atoms with Gasteiger partial charge in [0.25, 0.3) is 5.91 Å². The van der Waals surface area contributed by atoms with E-state index in [1.807, 2.05) is 6.07 Å². The first kappa shape index (κ1) is 20.6. The zero-order valence-corrected chi connectivity index (χ0v) is 16.3. The molecule has 0 saturated carbocycles. The van der Waals surface area contributed by atoms with Crippen LogP contribution in [0.1, 0.15) is 39.9 Å². The van der Waals surface area contributed by atoms with Crippen molar-refractivity contribution in [1.29, 1.82) is 0 Å². The molecule has 2 aromatic rings. The summed E-state index contributed by atoms with van der Waals surface area (Å²) in [6, 6.07) is 11.1. The SMILES string of the molecule is COc1ccc(C2C=NN=N2)cc1C(=O)N(C)CC(CCO)c1ccc(F)cc1. The van der Waals surface area contributed by atoms with Crippen LogP contribution in [0.4, 0.5) is 4.39 Å². The number of carbonyl (C=O) groups excluding carboxylic acids is 1. The lowest BCUT2D eigenvalue weighted by atomic mass is 9.95. The van der Waals surface area contributed by atoms with Crippen molar-refractivity contribution in [3.63, 3.8) is 0 Å². The summed E-state index contributed by atoms with van der Waals surface area (Å²) in [6.45, 7) is 0.331. The molecule has 152 valence electrons. The number of aliphatic hydroxyl groups excluding tert-OH is 1. The van der Waals surface area contributed by atoms with Gasteiger partial charge in [0.05, 0.1) is 18.9 Å². The van der Waals surface area contributed by atoms with Crippen LogP contribution in [0.2, 0.25) is 0 Å². The van der Waals surface area contributed by atoms with Gasteiger partial charge in [-0.15, -0.1) is 5.10 Å². The number of carbonyl (C=O) groups is 1. The number of ether oxygens (including phenoxy) is 1. The maximum atomic E-state index is 13.2. The van der Waals surface area contributed by atoms with E-state index in [-0.39, 0.29) is 30.3 Å². The third kappa shape index (κ3) is 4.83. The lowest BCUT2D eigenvalue weighted by molar-refractivity contribution is 0.0777. The molecule has 2 aromatic carbocycles. The van der Waals surface area contributed by atoms with Gasteiger partial charge in [-0.25, -0.2) is 4.39 Å². The van der Waals surface area contributed by atoms with Crippen LogP contribution < -0.4 is 4.74 Å². The minimum absolute atomic E-state index is 0.0328. The van der Waals surface area contributed by atoms with E-state index >= 15 is 0 Å². The van der Waals surface area contributed by atoms with Gasteiger partial charge in [0.1, 0.15) is 17.6 Å². The Balaban J connectivity index is 1.82. The van der Waals surface area contributed by atoms with E-state index < -0.39 is 0 Å². The summed E-state index contributed by atoms with van der Waals surface area (Å²) < 4.78 is 18.6. The van der Waals surface area contributed by atoms with Crippen LogP contribution >= 0.6 is 0 Å². The highest BCUT2D eigenvalue weighted by molar-refractivity contribution is 5.97. The van der Waals surface area contributed by atoms with E-state index in [0.717, 1.165) is 11.1 Å². The third-order valence-corrected chi connectivity index (χ3v) is 4.89. The molecule has 0 bridgehead atoms. The second-order valence-electron chi connectivity index (χ2n) is 6.82. The van der Waals surface area contributed by atoms with Gasteiger partial charge in [0.15, 0.2) is 0 Å². The molecule has 0 aromatic heterocycles. The molecule has 0 aliphatic carbocycles. The molecule has 2 atom stereocenters. The maximum absolute atomic E-state index is 13.2. The van der Waals surface area contributed by atoms with Crippen LogP contribution in [0.15, 0.2) is 57.9 Å². The number of amides is 1. The lowest BCUT2D eigenvalue weighted by Crippen LogP contribution is -2.32. The Morgan fingerprint density at radius 2 is 2.03 bits per heavy atom. The first-order valence-electron chi connectivity index (χ1n) is 9.26. The normalized spacial score (nSPS) is 16.1. The standard InChI is InChI=1S/C21H23FN4O3/c1-26(13-16(9-10-27)14-3-6-17(22)7-4-14)21(28)18-11-15(5-8-20(18)29-2)19-12-23-25-24-19/h3-8,11-12,16,19,27H,9-10,13H2,1-2H3. The van der Waals surface area contributed by atoms with Gasteiger partial charge in [-0.05, 0) is 47.0 Å². The van der Waals surface area contributed by atoms with E-state index in [4.69, 9.17) is 4.74 Å². The molecular weight excluding hydrogens is 375 g/mol. The predicted octanol–water partition coefficient (Wildman–Crippen LogP) is 3.57. The predicted molar refractivity (Wildman–Crippen MR) is 107 cm³/mol. The van der Waals surface area contributed by atoms with E-state index in [2.05, 4.69) is 15.4 Å². The van der Waals surface area contributed by atoms with Gasteiger partial charge in [-0.3, -0.25) is 4.79 Å². The summed E-state index contributed by atoms with van der Waals surface area (Å²) >= 11 is 0. The molecule has 1 amide bonds. The second kappa shape index (κ2) is 9.38. The van der Waals surface area contributed by atoms with E-state index in [1.54, 1.807) is 42.4 Å². The molecule has 7 nitrogen and oxygen atoms in total. The summed E-state index contributed by atoms with van der Waals surface area (Å²) in [5.41, 5.74) is 2.06. The van der Waals surface area contributed by atoms with E-state index in [1.165, 1.54) is 19.2 Å². The topological polar surface area (TPSA) is 86.9 Å². The van der Waals surface area contributed by atoms with Gasteiger partial charge in [-0.2, -0.15) is 5.11 Å². The highest BCUT2D eigenvalue weighted by Crippen LogP contribution is 2.28. The molecule has 0 spiro atoms. The van der Waals surface area contributed by atoms with Gasteiger partial charge < -0.3 is 14.7 Å². The van der Waals surface area contributed by atoms with Crippen molar-refractivity contribution in [1.82, 2.24) is 4.90 Å². The Labute approximate surface area is 168 Å². The second-order valence-corrected chi connectivity index (χ2v) is 6.82. The summed E-state index contributed by atoms with van der Waals surface area (Å²) in [4.78, 5) is 14.7. The van der Waals surface area contributed by atoms with Crippen LogP contribution in [0, 0.1) is 5.82 Å². The molecule has 0 radical (unpaired) electrons. The fourth-order valence-electron chi connectivity index (χ4n) is 3.31. The van der Waals surface area contributed by atoms with Crippen molar-refractivity contribution in [2.75, 3.05) is 27.3 Å². The largest absolute Gasteiger partial charge is 0.496 e. The third-order valence-electron chi connectivity index (χ3n) is 4.89. The fraction of sp³-hybridized carbons (Fsp3) is 0.333. The molecule has 29 heavy (non-hydrogen) atoms. The van der Waals surface area contributed by atoms with Crippen molar-refractivity contribution in [3.05, 3.63) is 65.0 Å². The van der Waals surface area contributed by atoms with Crippen LogP contribution in [-0.2, 0) is 0 Å². The smallest absolute Gasteiger partial charge is 0.257 e. The van der Waals surface area contributed by atoms with Gasteiger partial charge in [0, 0.05) is 26.1 Å². The highest BCUT2D eigenvalue weighted by atomic mass is 19.1. The minimum Gasteiger partial charge on any atom is -0.496 e. The molecule has 8 heteroatoms. The Kier molecular flexibility index (Phi) is 6.66. The highest BCUT2D eigenvalue weighted by Gasteiger charge is 2.23. The van der Waals surface area contributed by atoms with Crippen molar-refractivity contribution in [2.45, 2.75) is 18.4 Å². The molecule has 1 N–H and O–H groups in total. The molecule has 1 aliphatic rings. The Bertz CT molecular complexity index is 903. The average molecular weight is 398 g/mol. The van der Waals surface area contributed by atoms with Crippen LogP contribution in [0.5, 0.6) is 5.75 Å². The lowest BCUT2D eigenvalue weighted by Gasteiger charge is -2.25. The summed E-state index contributed by atoms with van der Waals surface area (Å²) in [6.07, 6.45) is 2.06. The minimum atomic E-state index is -0.324. The van der Waals surface area contributed by atoms with Crippen molar-refractivity contribution >= 4 is 12.1 Å². The molecule has 1 heterocycles. The number of halogens is 1. The van der Waals surface area contributed by atoms with Crippen molar-refractivity contribution in [2.24, 2.45) is 15.4 Å². The van der Waals surface area contributed by atoms with Gasteiger partial charge in [0.2, 0.25) is 0 Å². The quantitative estimate of drug-likeness (QED) is 0.738. The molecule has 0 saturated heterocycles. The van der Waals surface area contributed by atoms with Crippen LogP contribution in [0.3, 0.4) is 0 Å². The Morgan fingerprint density at radius 1 is 1.28 bits per heavy atom. The summed E-state index contributed by atoms with van der Waals surface area (Å²) in [5, 5.41) is 20.8. The number of aliphatic hydroxyl groups is 1. The summed E-state index contributed by atoms with van der Waals surface area (Å²) in [5.74, 6) is -0.215. The fourth-order valence-corrected chi connectivity index (χ4v) is 3.31. The number of hydrogen-bond acceptors (Lipinski definition) is 6. The number of nitrogens with zero attached hydrogens (tertiary/aromatic N) is 4. The molecule has 2 unspecified atom stereocenters. The number of rotatable bonds is 8. The molecule has 1 aliphatic heterocycles. The Morgan fingerprint density at radius 3 is 2.66 bits per heavy atom. The number of methoxy groups -OCH3 is 1. The molecule has 0 fully saturated rings. The monoisotopic (exact) mass is 398 g/mol. The van der Waals surface area contributed by atoms with Crippen LogP contribution in [-0.4, -0.2) is 49.4 Å². The van der Waals surface area contributed by atoms with E-state index in [0.29, 0.717) is 24.3 Å². The van der Waals surface area contributed by atoms with Gasteiger partial charge in [-0.1, -0.05) is 18.2 Å².